The maximum Gasteiger partial charge on any atom is 0.220 e. The lowest BCUT2D eigenvalue weighted by Gasteiger charge is -2.04. The Hall–Kier alpha value is -2.82. The van der Waals surface area contributed by atoms with Crippen LogP contribution in [-0.4, -0.2) is 28.9 Å². The molecule has 0 saturated heterocycles. The molecular formula is C19H21N3O2. The van der Waals surface area contributed by atoms with Gasteiger partial charge in [0.2, 0.25) is 5.91 Å². The van der Waals surface area contributed by atoms with E-state index in [1.165, 1.54) is 5.56 Å². The van der Waals surface area contributed by atoms with Crippen molar-refractivity contribution < 1.29 is 9.53 Å². The minimum absolute atomic E-state index is 0.0696. The molecule has 124 valence electrons. The number of ether oxygens (including phenoxy) is 1. The number of benzene rings is 1. The van der Waals surface area contributed by atoms with Crippen molar-refractivity contribution in [3.63, 3.8) is 0 Å². The first-order valence-corrected chi connectivity index (χ1v) is 8.07. The minimum Gasteiger partial charge on any atom is -0.493 e. The Kier molecular flexibility index (Phi) is 5.11. The van der Waals surface area contributed by atoms with Crippen molar-refractivity contribution in [3.8, 4) is 5.75 Å². The van der Waals surface area contributed by atoms with E-state index in [1.807, 2.05) is 59.3 Å². The normalized spacial score (nSPS) is 10.7. The highest BCUT2D eigenvalue weighted by Crippen LogP contribution is 2.18. The number of carbonyl (C=O) groups excluding carboxylic acids is 1. The van der Waals surface area contributed by atoms with Gasteiger partial charge < -0.3 is 14.5 Å². The molecule has 0 aliphatic rings. The van der Waals surface area contributed by atoms with Crippen molar-refractivity contribution >= 4 is 11.6 Å². The molecule has 1 aromatic carbocycles. The van der Waals surface area contributed by atoms with Gasteiger partial charge >= 0.3 is 0 Å². The van der Waals surface area contributed by atoms with Crippen LogP contribution in [0.25, 0.3) is 5.65 Å². The lowest BCUT2D eigenvalue weighted by molar-refractivity contribution is -0.121. The lowest BCUT2D eigenvalue weighted by Crippen LogP contribution is -2.25. The zero-order valence-corrected chi connectivity index (χ0v) is 13.7. The molecule has 3 rings (SSSR count). The van der Waals surface area contributed by atoms with Crippen LogP contribution in [0.2, 0.25) is 0 Å². The fraction of sp³-hybridized carbons (Fsp3) is 0.263. The Balaban J connectivity index is 1.48. The van der Waals surface area contributed by atoms with Gasteiger partial charge in [-0.05, 0) is 24.1 Å². The van der Waals surface area contributed by atoms with Crippen molar-refractivity contribution in [2.45, 2.75) is 19.3 Å². The molecule has 5 nitrogen and oxygen atoms in total. The molecule has 0 atom stereocenters. The molecule has 3 aromatic rings. The van der Waals surface area contributed by atoms with Crippen LogP contribution in [0.3, 0.4) is 0 Å². The number of rotatable bonds is 7. The number of nitrogens with one attached hydrogen (secondary N) is 1. The molecule has 2 heterocycles. The predicted octanol–water partition coefficient (Wildman–Crippen LogP) is 2.63. The summed E-state index contributed by atoms with van der Waals surface area (Å²) in [6.07, 6.45) is 5.87. The number of carbonyl (C=O) groups is 1. The van der Waals surface area contributed by atoms with E-state index in [9.17, 15) is 4.79 Å². The van der Waals surface area contributed by atoms with Crippen LogP contribution >= 0.6 is 0 Å². The number of fused-ring (bicyclic) bond motifs is 1. The summed E-state index contributed by atoms with van der Waals surface area (Å²) in [5.74, 6) is 0.816. The molecule has 24 heavy (non-hydrogen) atoms. The number of imidazole rings is 1. The lowest BCUT2D eigenvalue weighted by atomic mass is 10.1. The Morgan fingerprint density at radius 3 is 2.79 bits per heavy atom. The number of aromatic nitrogens is 2. The molecule has 0 spiro atoms. The van der Waals surface area contributed by atoms with Crippen molar-refractivity contribution in [2.24, 2.45) is 0 Å². The number of aryl methyl sites for hydroxylation is 1. The summed E-state index contributed by atoms with van der Waals surface area (Å²) in [6.45, 7) is 0.583. The maximum atomic E-state index is 11.9. The van der Waals surface area contributed by atoms with E-state index in [2.05, 4.69) is 10.3 Å². The number of hydrogen-bond donors (Lipinski definition) is 1. The predicted molar refractivity (Wildman–Crippen MR) is 93.2 cm³/mol. The third-order valence-corrected chi connectivity index (χ3v) is 3.90. The van der Waals surface area contributed by atoms with Gasteiger partial charge in [-0.15, -0.1) is 0 Å². The van der Waals surface area contributed by atoms with Gasteiger partial charge in [-0.3, -0.25) is 4.79 Å². The quantitative estimate of drug-likeness (QED) is 0.727. The second-order valence-corrected chi connectivity index (χ2v) is 5.63. The Labute approximate surface area is 141 Å². The number of methoxy groups -OCH3 is 1. The first kappa shape index (κ1) is 16.1. The second-order valence-electron chi connectivity index (χ2n) is 5.63. The largest absolute Gasteiger partial charge is 0.493 e. The van der Waals surface area contributed by atoms with E-state index >= 15 is 0 Å². The first-order chi connectivity index (χ1) is 11.8. The maximum absolute atomic E-state index is 11.9. The third kappa shape index (κ3) is 3.93. The SMILES string of the molecule is COc1cccn2cc(CCNC(=O)CCc3ccccc3)nc12. The Bertz CT molecular complexity index is 812. The number of pyridine rings is 1. The van der Waals surface area contributed by atoms with E-state index in [0.29, 0.717) is 19.4 Å². The van der Waals surface area contributed by atoms with E-state index in [1.54, 1.807) is 7.11 Å². The van der Waals surface area contributed by atoms with Gasteiger partial charge in [0.1, 0.15) is 0 Å². The van der Waals surface area contributed by atoms with Crippen LogP contribution < -0.4 is 10.1 Å². The van der Waals surface area contributed by atoms with Gasteiger partial charge in [-0.2, -0.15) is 0 Å². The van der Waals surface area contributed by atoms with Gasteiger partial charge in [0, 0.05) is 31.8 Å². The Morgan fingerprint density at radius 1 is 1.17 bits per heavy atom. The summed E-state index contributed by atoms with van der Waals surface area (Å²) in [5.41, 5.74) is 2.91. The van der Waals surface area contributed by atoms with Crippen molar-refractivity contribution in [3.05, 3.63) is 66.1 Å². The summed E-state index contributed by atoms with van der Waals surface area (Å²) in [5, 5.41) is 2.95. The monoisotopic (exact) mass is 323 g/mol. The summed E-state index contributed by atoms with van der Waals surface area (Å²) in [6, 6.07) is 13.8. The van der Waals surface area contributed by atoms with Crippen molar-refractivity contribution in [1.29, 1.82) is 0 Å². The van der Waals surface area contributed by atoms with Crippen molar-refractivity contribution in [1.82, 2.24) is 14.7 Å². The average Bonchev–Trinajstić information content (AvgIpc) is 3.03. The molecule has 2 aromatic heterocycles. The first-order valence-electron chi connectivity index (χ1n) is 8.07. The summed E-state index contributed by atoms with van der Waals surface area (Å²) >= 11 is 0. The highest BCUT2D eigenvalue weighted by Gasteiger charge is 2.07. The summed E-state index contributed by atoms with van der Waals surface area (Å²) in [7, 11) is 1.64. The number of hydrogen-bond acceptors (Lipinski definition) is 3. The van der Waals surface area contributed by atoms with Gasteiger partial charge in [0.05, 0.1) is 12.8 Å². The van der Waals surface area contributed by atoms with Crippen molar-refractivity contribution in [2.75, 3.05) is 13.7 Å². The molecular weight excluding hydrogens is 302 g/mol. The Morgan fingerprint density at radius 2 is 2.00 bits per heavy atom. The summed E-state index contributed by atoms with van der Waals surface area (Å²) in [4.78, 5) is 16.5. The minimum atomic E-state index is 0.0696. The second kappa shape index (κ2) is 7.64. The standard InChI is InChI=1S/C19H21N3O2/c1-24-17-8-5-13-22-14-16(21-19(17)22)11-12-20-18(23)10-9-15-6-3-2-4-7-15/h2-8,13-14H,9-12H2,1H3,(H,20,23). The van der Waals surface area contributed by atoms with Crippen LogP contribution in [0, 0.1) is 0 Å². The van der Waals surface area contributed by atoms with Crippen LogP contribution in [0.15, 0.2) is 54.9 Å². The molecule has 5 heteroatoms. The van der Waals surface area contributed by atoms with E-state index in [0.717, 1.165) is 23.5 Å². The van der Waals surface area contributed by atoms with Crippen LogP contribution in [-0.2, 0) is 17.6 Å². The molecule has 0 aliphatic heterocycles. The highest BCUT2D eigenvalue weighted by atomic mass is 16.5. The van der Waals surface area contributed by atoms with Crippen LogP contribution in [0.5, 0.6) is 5.75 Å². The van der Waals surface area contributed by atoms with Gasteiger partial charge in [0.25, 0.3) is 0 Å². The fourth-order valence-electron chi connectivity index (χ4n) is 2.64. The molecule has 0 saturated carbocycles. The molecule has 1 amide bonds. The topological polar surface area (TPSA) is 55.6 Å². The number of nitrogens with zero attached hydrogens (tertiary/aromatic N) is 2. The van der Waals surface area contributed by atoms with Gasteiger partial charge in [-0.25, -0.2) is 4.98 Å². The van der Waals surface area contributed by atoms with Gasteiger partial charge in [-0.1, -0.05) is 30.3 Å². The summed E-state index contributed by atoms with van der Waals surface area (Å²) < 4.78 is 7.24. The highest BCUT2D eigenvalue weighted by molar-refractivity contribution is 5.76. The van der Waals surface area contributed by atoms with Gasteiger partial charge in [0.15, 0.2) is 11.4 Å². The third-order valence-electron chi connectivity index (χ3n) is 3.90. The zero-order chi connectivity index (χ0) is 16.8. The molecule has 0 unspecified atom stereocenters. The van der Waals surface area contributed by atoms with Crippen LogP contribution in [0.4, 0.5) is 0 Å². The van der Waals surface area contributed by atoms with Crippen LogP contribution in [0.1, 0.15) is 17.7 Å². The van der Waals surface area contributed by atoms with E-state index < -0.39 is 0 Å². The molecule has 0 bridgehead atoms. The fourth-order valence-corrected chi connectivity index (χ4v) is 2.64. The molecule has 0 radical (unpaired) electrons. The zero-order valence-electron chi connectivity index (χ0n) is 13.7. The molecule has 0 aliphatic carbocycles. The molecule has 0 fully saturated rings. The van der Waals surface area contributed by atoms with E-state index in [4.69, 9.17) is 4.74 Å². The number of amides is 1. The average molecular weight is 323 g/mol. The smallest absolute Gasteiger partial charge is 0.220 e. The van der Waals surface area contributed by atoms with E-state index in [-0.39, 0.29) is 5.91 Å². The molecule has 1 N–H and O–H groups in total.